The van der Waals surface area contributed by atoms with Crippen LogP contribution in [-0.2, 0) is 14.6 Å². The number of allylic oxidation sites excluding steroid dienone is 1. The molecule has 0 spiro atoms. The Labute approximate surface area is 187 Å². The van der Waals surface area contributed by atoms with Gasteiger partial charge in [0.1, 0.15) is 0 Å². The molecular weight excluding hydrogens is 410 g/mol. The number of fused-ring (bicyclic) bond motifs is 5. The summed E-state index contributed by atoms with van der Waals surface area (Å²) in [6, 6.07) is 5.86. The third-order valence-corrected chi connectivity index (χ3v) is 9.67. The smallest absolute Gasteiger partial charge is 0.217 e. The number of hydrogen-bond donors (Lipinski definition) is 0. The summed E-state index contributed by atoms with van der Waals surface area (Å²) in [6.45, 7) is 9.21. The standard InChI is InChI=1S/C20H32O4S.C5H5N/c1-13-10-18-16-5-4-14-11-15(24-25(21,22)23)6-9-20(14,3)17(16)7-8-19(18,2)12-13;1-2-4-6-5-3-1/h14-18H,1,4-12H2,2-3H3,(H,21,22,23);1-5H/t14-,15-,16-,17+,18+,19-,20+;/m1./s1. The predicted molar refractivity (Wildman–Crippen MR) is 118 cm³/mol. The van der Waals surface area contributed by atoms with Crippen LogP contribution in [0.25, 0.3) is 0 Å². The summed E-state index contributed by atoms with van der Waals surface area (Å²) < 4.78 is 37.7. The number of aromatic amines is 1. The van der Waals surface area contributed by atoms with Crippen LogP contribution in [0.15, 0.2) is 42.7 Å². The molecule has 7 atom stereocenters. The molecule has 0 unspecified atom stereocenters. The van der Waals surface area contributed by atoms with Crippen LogP contribution in [0.5, 0.6) is 0 Å². The minimum atomic E-state index is -4.59. The minimum Gasteiger partial charge on any atom is -0.726 e. The molecule has 0 amide bonds. The molecule has 172 valence electrons. The largest absolute Gasteiger partial charge is 0.726 e. The molecule has 31 heavy (non-hydrogen) atoms. The fourth-order valence-corrected chi connectivity index (χ4v) is 8.29. The first kappa shape index (κ1) is 22.9. The number of nitrogens with one attached hydrogen (secondary N) is 1. The van der Waals surface area contributed by atoms with Gasteiger partial charge >= 0.3 is 0 Å². The van der Waals surface area contributed by atoms with Gasteiger partial charge in [-0.15, -0.1) is 0 Å². The van der Waals surface area contributed by atoms with Gasteiger partial charge in [0.25, 0.3) is 0 Å². The van der Waals surface area contributed by atoms with Gasteiger partial charge in [-0.2, -0.15) is 0 Å². The van der Waals surface area contributed by atoms with Crippen molar-refractivity contribution in [1.29, 1.82) is 0 Å². The molecule has 0 saturated heterocycles. The van der Waals surface area contributed by atoms with Gasteiger partial charge in [0.2, 0.25) is 10.4 Å². The number of H-pyrrole nitrogens is 1. The van der Waals surface area contributed by atoms with Gasteiger partial charge < -0.3 is 4.55 Å². The molecular formula is C25H37NO4S. The van der Waals surface area contributed by atoms with Gasteiger partial charge in [-0.25, -0.2) is 13.4 Å². The zero-order chi connectivity index (χ0) is 22.3. The molecule has 1 N–H and O–H groups in total. The van der Waals surface area contributed by atoms with Crippen molar-refractivity contribution in [2.45, 2.75) is 77.7 Å². The van der Waals surface area contributed by atoms with E-state index in [4.69, 9.17) is 4.18 Å². The molecule has 0 aromatic carbocycles. The quantitative estimate of drug-likeness (QED) is 0.366. The average Bonchev–Trinajstić information content (AvgIpc) is 3.03. The van der Waals surface area contributed by atoms with Crippen molar-refractivity contribution < 1.29 is 22.1 Å². The van der Waals surface area contributed by atoms with E-state index in [0.29, 0.717) is 17.8 Å². The molecule has 4 saturated carbocycles. The Balaban J connectivity index is 0.000000334. The predicted octanol–water partition coefficient (Wildman–Crippen LogP) is 4.93. The molecule has 5 rings (SSSR count). The maximum absolute atomic E-state index is 11.0. The molecule has 0 aliphatic heterocycles. The molecule has 4 fully saturated rings. The first-order valence-electron chi connectivity index (χ1n) is 11.8. The van der Waals surface area contributed by atoms with E-state index in [1.54, 1.807) is 0 Å². The lowest BCUT2D eigenvalue weighted by Crippen LogP contribution is -2.53. The zero-order valence-corrected chi connectivity index (χ0v) is 19.7. The molecule has 1 aromatic rings. The second kappa shape index (κ2) is 8.60. The van der Waals surface area contributed by atoms with Crippen LogP contribution in [0.1, 0.15) is 71.6 Å². The highest BCUT2D eigenvalue weighted by Crippen LogP contribution is 2.66. The second-order valence-electron chi connectivity index (χ2n) is 11.0. The average molecular weight is 448 g/mol. The van der Waals surface area contributed by atoms with Crippen molar-refractivity contribution in [3.05, 3.63) is 42.7 Å². The topological polar surface area (TPSA) is 80.6 Å². The van der Waals surface area contributed by atoms with Crippen molar-refractivity contribution in [2.24, 2.45) is 34.5 Å². The molecule has 6 heteroatoms. The van der Waals surface area contributed by atoms with E-state index in [2.05, 4.69) is 25.4 Å². The van der Waals surface area contributed by atoms with Gasteiger partial charge in [0.05, 0.1) is 6.10 Å². The molecule has 1 aromatic heterocycles. The van der Waals surface area contributed by atoms with Gasteiger partial charge in [-0.3, -0.25) is 4.18 Å². The van der Waals surface area contributed by atoms with Crippen molar-refractivity contribution >= 4 is 10.4 Å². The summed E-state index contributed by atoms with van der Waals surface area (Å²) in [6.07, 6.45) is 13.2. The van der Waals surface area contributed by atoms with Crippen LogP contribution in [0.4, 0.5) is 0 Å². The third-order valence-electron chi connectivity index (χ3n) is 9.16. The highest BCUT2D eigenvalue weighted by Gasteiger charge is 2.58. The summed E-state index contributed by atoms with van der Waals surface area (Å²) in [7, 11) is -4.59. The molecule has 1 heterocycles. The van der Waals surface area contributed by atoms with Crippen molar-refractivity contribution in [3.8, 4) is 0 Å². The maximum Gasteiger partial charge on any atom is 0.217 e. The van der Waals surface area contributed by atoms with E-state index in [9.17, 15) is 13.0 Å². The number of hydrogen-bond acceptors (Lipinski definition) is 4. The molecule has 0 bridgehead atoms. The van der Waals surface area contributed by atoms with Gasteiger partial charge in [-0.05, 0) is 92.3 Å². The number of pyridine rings is 1. The van der Waals surface area contributed by atoms with Crippen molar-refractivity contribution in [1.82, 2.24) is 0 Å². The fourth-order valence-electron chi connectivity index (χ4n) is 7.78. The van der Waals surface area contributed by atoms with Gasteiger partial charge in [0, 0.05) is 12.1 Å². The van der Waals surface area contributed by atoms with E-state index in [1.807, 2.05) is 30.6 Å². The van der Waals surface area contributed by atoms with Crippen molar-refractivity contribution in [2.75, 3.05) is 0 Å². The number of aromatic nitrogens is 1. The molecule has 4 aliphatic rings. The van der Waals surface area contributed by atoms with Crippen LogP contribution in [-0.4, -0.2) is 19.1 Å². The fraction of sp³-hybridized carbons (Fsp3) is 0.720. The minimum absolute atomic E-state index is 0.278. The third kappa shape index (κ3) is 4.76. The monoisotopic (exact) mass is 447 g/mol. The Morgan fingerprint density at radius 3 is 2.42 bits per heavy atom. The van der Waals surface area contributed by atoms with Crippen LogP contribution in [0.2, 0.25) is 0 Å². The van der Waals surface area contributed by atoms with Crippen LogP contribution >= 0.6 is 0 Å². The Morgan fingerprint density at radius 1 is 1.06 bits per heavy atom. The normalized spacial score (nSPS) is 41.9. The maximum atomic E-state index is 11.0. The van der Waals surface area contributed by atoms with Crippen LogP contribution in [0, 0.1) is 34.5 Å². The first-order valence-corrected chi connectivity index (χ1v) is 13.2. The molecule has 4 aliphatic carbocycles. The Bertz CT molecular complexity index is 861. The summed E-state index contributed by atoms with van der Waals surface area (Å²) in [5.74, 6) is 2.80. The lowest BCUT2D eigenvalue weighted by molar-refractivity contribution is -0.377. The summed E-state index contributed by atoms with van der Waals surface area (Å²) in [4.78, 5) is 2.89. The highest BCUT2D eigenvalue weighted by molar-refractivity contribution is 7.80. The van der Waals surface area contributed by atoms with E-state index in [1.165, 1.54) is 37.7 Å². The lowest BCUT2D eigenvalue weighted by atomic mass is 9.45. The highest BCUT2D eigenvalue weighted by atomic mass is 32.3. The molecule has 5 nitrogen and oxygen atoms in total. The first-order chi connectivity index (χ1) is 14.6. The Hall–Kier alpha value is -1.24. The SMILES string of the molecule is C=C1C[C@H]2[C@@H]3CC[C@@H]4C[C@H](OS(=O)(=O)[O-])CC[C@]4(C)[C@H]3CC[C@]2(C)C1.c1cc[nH+]cc1. The Morgan fingerprint density at radius 2 is 1.81 bits per heavy atom. The van der Waals surface area contributed by atoms with E-state index in [0.717, 1.165) is 37.0 Å². The second-order valence-corrected chi connectivity index (χ2v) is 12.0. The summed E-state index contributed by atoms with van der Waals surface area (Å²) in [5.41, 5.74) is 2.18. The van der Waals surface area contributed by atoms with Crippen LogP contribution in [0.3, 0.4) is 0 Å². The zero-order valence-electron chi connectivity index (χ0n) is 18.9. The van der Waals surface area contributed by atoms with Gasteiger partial charge in [-0.1, -0.05) is 32.1 Å². The summed E-state index contributed by atoms with van der Waals surface area (Å²) in [5, 5.41) is 0. The Kier molecular flexibility index (Phi) is 6.36. The molecule has 0 radical (unpaired) electrons. The van der Waals surface area contributed by atoms with E-state index in [-0.39, 0.29) is 5.41 Å². The number of rotatable bonds is 2. The van der Waals surface area contributed by atoms with E-state index < -0.39 is 16.5 Å². The van der Waals surface area contributed by atoms with Crippen LogP contribution < -0.4 is 4.98 Å². The van der Waals surface area contributed by atoms with Crippen molar-refractivity contribution in [3.63, 3.8) is 0 Å². The van der Waals surface area contributed by atoms with E-state index >= 15 is 0 Å². The lowest BCUT2D eigenvalue weighted by Gasteiger charge is -2.60. The van der Waals surface area contributed by atoms with Gasteiger partial charge in [0.15, 0.2) is 12.4 Å². The summed E-state index contributed by atoms with van der Waals surface area (Å²) >= 11 is 0.